The van der Waals surface area contributed by atoms with Gasteiger partial charge >= 0.3 is 0 Å². The summed E-state index contributed by atoms with van der Waals surface area (Å²) in [5.74, 6) is -1.14. The van der Waals surface area contributed by atoms with Crippen LogP contribution in [0.5, 0.6) is 0 Å². The van der Waals surface area contributed by atoms with Crippen molar-refractivity contribution in [2.75, 3.05) is 13.1 Å². The van der Waals surface area contributed by atoms with Crippen LogP contribution in [0.1, 0.15) is 18.4 Å². The van der Waals surface area contributed by atoms with E-state index >= 15 is 0 Å². The molecule has 1 aromatic carbocycles. The molecule has 0 aliphatic carbocycles. The average molecular weight is 212 g/mol. The van der Waals surface area contributed by atoms with E-state index in [-0.39, 0.29) is 5.92 Å². The molecule has 0 aromatic heterocycles. The average Bonchev–Trinajstić information content (AvgIpc) is 2.43. The first-order valence-corrected chi connectivity index (χ1v) is 4.94. The van der Waals surface area contributed by atoms with Crippen LogP contribution in [-0.4, -0.2) is 18.6 Å². The van der Waals surface area contributed by atoms with E-state index in [0.29, 0.717) is 18.7 Å². The lowest BCUT2D eigenvalue weighted by atomic mass is 9.84. The van der Waals surface area contributed by atoms with E-state index in [1.54, 1.807) is 0 Å². The summed E-state index contributed by atoms with van der Waals surface area (Å²) in [6, 6.07) is 3.58. The Bertz CT molecular complexity index is 357. The molecule has 2 nitrogen and oxygen atoms in total. The summed E-state index contributed by atoms with van der Waals surface area (Å²) in [5.41, 5.74) is 6.23. The van der Waals surface area contributed by atoms with Gasteiger partial charge in [-0.15, -0.1) is 0 Å². The van der Waals surface area contributed by atoms with Crippen molar-refractivity contribution < 1.29 is 8.78 Å². The Morgan fingerprint density at radius 2 is 1.93 bits per heavy atom. The summed E-state index contributed by atoms with van der Waals surface area (Å²) >= 11 is 0. The van der Waals surface area contributed by atoms with Crippen molar-refractivity contribution in [1.29, 1.82) is 0 Å². The third-order valence-electron chi connectivity index (χ3n) is 2.94. The first-order chi connectivity index (χ1) is 6.99. The Balaban J connectivity index is 2.37. The van der Waals surface area contributed by atoms with Crippen LogP contribution in [0.15, 0.2) is 18.2 Å². The van der Waals surface area contributed by atoms with Crippen LogP contribution in [-0.2, 0) is 0 Å². The van der Waals surface area contributed by atoms with Crippen LogP contribution in [0, 0.1) is 11.6 Å². The highest BCUT2D eigenvalue weighted by Gasteiger charge is 2.36. The van der Waals surface area contributed by atoms with Gasteiger partial charge in [-0.3, -0.25) is 0 Å². The van der Waals surface area contributed by atoms with Crippen LogP contribution in [0.25, 0.3) is 0 Å². The minimum atomic E-state index is -0.548. The molecule has 2 unspecified atom stereocenters. The predicted octanol–water partition coefficient (Wildman–Crippen LogP) is 1.37. The van der Waals surface area contributed by atoms with Gasteiger partial charge in [0.15, 0.2) is 0 Å². The summed E-state index contributed by atoms with van der Waals surface area (Å²) in [5, 5.41) is 3.13. The Kier molecular flexibility index (Phi) is 2.48. The summed E-state index contributed by atoms with van der Waals surface area (Å²) in [6.07, 6.45) is 0. The van der Waals surface area contributed by atoms with E-state index in [4.69, 9.17) is 5.73 Å². The molecule has 3 N–H and O–H groups in total. The molecule has 1 aromatic rings. The predicted molar refractivity (Wildman–Crippen MR) is 54.6 cm³/mol. The molecule has 1 aliphatic rings. The van der Waals surface area contributed by atoms with Crippen LogP contribution in [0.3, 0.4) is 0 Å². The molecule has 0 radical (unpaired) electrons. The number of nitrogens with two attached hydrogens (primary N) is 1. The number of rotatable bonds is 1. The minimum absolute atomic E-state index is 0.0392. The maximum absolute atomic E-state index is 13.0. The molecule has 0 amide bonds. The Hall–Kier alpha value is -1.00. The minimum Gasteiger partial charge on any atom is -0.324 e. The smallest absolute Gasteiger partial charge is 0.126 e. The van der Waals surface area contributed by atoms with E-state index in [9.17, 15) is 8.78 Å². The highest BCUT2D eigenvalue weighted by atomic mass is 19.1. The number of benzene rings is 1. The van der Waals surface area contributed by atoms with E-state index in [0.717, 1.165) is 6.07 Å². The zero-order chi connectivity index (χ0) is 11.1. The second kappa shape index (κ2) is 3.54. The van der Waals surface area contributed by atoms with Crippen molar-refractivity contribution in [3.63, 3.8) is 0 Å². The van der Waals surface area contributed by atoms with Crippen LogP contribution in [0.2, 0.25) is 0 Å². The van der Waals surface area contributed by atoms with Crippen molar-refractivity contribution in [3.8, 4) is 0 Å². The highest BCUT2D eigenvalue weighted by molar-refractivity contribution is 5.27. The normalized spacial score (nSPS) is 30.8. The monoisotopic (exact) mass is 212 g/mol. The molecular weight excluding hydrogens is 198 g/mol. The van der Waals surface area contributed by atoms with E-state index in [1.165, 1.54) is 12.1 Å². The fraction of sp³-hybridized carbons (Fsp3) is 0.455. The quantitative estimate of drug-likeness (QED) is 0.737. The van der Waals surface area contributed by atoms with Crippen molar-refractivity contribution in [3.05, 3.63) is 35.4 Å². The lowest BCUT2D eigenvalue weighted by molar-refractivity contribution is 0.458. The summed E-state index contributed by atoms with van der Waals surface area (Å²) < 4.78 is 26.1. The van der Waals surface area contributed by atoms with Crippen molar-refractivity contribution in [1.82, 2.24) is 5.32 Å². The second-order valence-electron chi connectivity index (χ2n) is 4.39. The molecule has 0 spiro atoms. The summed E-state index contributed by atoms with van der Waals surface area (Å²) in [4.78, 5) is 0. The van der Waals surface area contributed by atoms with E-state index < -0.39 is 17.2 Å². The van der Waals surface area contributed by atoms with Gasteiger partial charge in [-0.25, -0.2) is 8.78 Å². The maximum atomic E-state index is 13.0. The topological polar surface area (TPSA) is 38.0 Å². The van der Waals surface area contributed by atoms with Crippen molar-refractivity contribution >= 4 is 0 Å². The third kappa shape index (κ3) is 2.01. The summed E-state index contributed by atoms with van der Waals surface area (Å²) in [7, 11) is 0. The Morgan fingerprint density at radius 3 is 2.40 bits per heavy atom. The largest absolute Gasteiger partial charge is 0.324 e. The zero-order valence-electron chi connectivity index (χ0n) is 8.56. The lowest BCUT2D eigenvalue weighted by Gasteiger charge is -2.26. The van der Waals surface area contributed by atoms with Crippen LogP contribution in [0.4, 0.5) is 8.78 Å². The van der Waals surface area contributed by atoms with Crippen molar-refractivity contribution in [2.45, 2.75) is 18.4 Å². The SMILES string of the molecule is CC1(N)CNCC1c1cc(F)cc(F)c1. The lowest BCUT2D eigenvalue weighted by Crippen LogP contribution is -2.43. The van der Waals surface area contributed by atoms with Gasteiger partial charge < -0.3 is 11.1 Å². The highest BCUT2D eigenvalue weighted by Crippen LogP contribution is 2.30. The number of halogens is 2. The first kappa shape index (κ1) is 10.5. The van der Waals surface area contributed by atoms with Crippen LogP contribution < -0.4 is 11.1 Å². The Morgan fingerprint density at radius 1 is 1.33 bits per heavy atom. The van der Waals surface area contributed by atoms with Gasteiger partial charge in [0, 0.05) is 30.6 Å². The molecular formula is C11H14F2N2. The van der Waals surface area contributed by atoms with Gasteiger partial charge in [0.05, 0.1) is 0 Å². The molecule has 2 rings (SSSR count). The van der Waals surface area contributed by atoms with E-state index in [1.807, 2.05) is 6.92 Å². The number of hydrogen-bond acceptors (Lipinski definition) is 2. The van der Waals surface area contributed by atoms with Gasteiger partial charge in [0.25, 0.3) is 0 Å². The van der Waals surface area contributed by atoms with Gasteiger partial charge in [-0.1, -0.05) is 0 Å². The fourth-order valence-corrected chi connectivity index (χ4v) is 2.12. The molecule has 82 valence electrons. The molecule has 2 atom stereocenters. The summed E-state index contributed by atoms with van der Waals surface area (Å²) in [6.45, 7) is 3.21. The molecule has 1 saturated heterocycles. The molecule has 4 heteroatoms. The first-order valence-electron chi connectivity index (χ1n) is 4.94. The molecule has 0 bridgehead atoms. The second-order valence-corrected chi connectivity index (χ2v) is 4.39. The Labute approximate surface area is 87.5 Å². The van der Waals surface area contributed by atoms with Gasteiger partial charge in [-0.05, 0) is 24.6 Å². The standard InChI is InChI=1S/C11H14F2N2/c1-11(14)6-15-5-10(11)7-2-8(12)4-9(13)3-7/h2-4,10,15H,5-6,14H2,1H3. The zero-order valence-corrected chi connectivity index (χ0v) is 8.56. The maximum Gasteiger partial charge on any atom is 0.126 e. The van der Waals surface area contributed by atoms with Gasteiger partial charge in [0.2, 0.25) is 0 Å². The van der Waals surface area contributed by atoms with Crippen molar-refractivity contribution in [2.24, 2.45) is 5.73 Å². The molecule has 1 aliphatic heterocycles. The molecule has 15 heavy (non-hydrogen) atoms. The molecule has 0 saturated carbocycles. The van der Waals surface area contributed by atoms with Gasteiger partial charge in [-0.2, -0.15) is 0 Å². The molecule has 1 fully saturated rings. The van der Waals surface area contributed by atoms with E-state index in [2.05, 4.69) is 5.32 Å². The van der Waals surface area contributed by atoms with Gasteiger partial charge in [0.1, 0.15) is 11.6 Å². The number of nitrogens with one attached hydrogen (secondary N) is 1. The molecule has 1 heterocycles. The third-order valence-corrected chi connectivity index (χ3v) is 2.94. The number of hydrogen-bond donors (Lipinski definition) is 2. The fourth-order valence-electron chi connectivity index (χ4n) is 2.12. The van der Waals surface area contributed by atoms with Crippen LogP contribution >= 0.6 is 0 Å².